The van der Waals surface area contributed by atoms with E-state index in [0.717, 1.165) is 13.1 Å². The second-order valence-electron chi connectivity index (χ2n) is 2.95. The summed E-state index contributed by atoms with van der Waals surface area (Å²) in [6.07, 6.45) is 1.90. The lowest BCUT2D eigenvalue weighted by Gasteiger charge is -2.08. The summed E-state index contributed by atoms with van der Waals surface area (Å²) in [7, 11) is 2.03. The zero-order chi connectivity index (χ0) is 7.98. The molecule has 0 atom stereocenters. The normalized spacial score (nSPS) is 11.3. The van der Waals surface area contributed by atoms with Crippen LogP contribution in [0.25, 0.3) is 0 Å². The molecule has 0 aromatic rings. The lowest BCUT2D eigenvalue weighted by Crippen LogP contribution is -2.15. The molecule has 0 fully saturated rings. The Bertz CT molecular complexity index is 97.4. The minimum Gasteiger partial charge on any atom is -0.366 e. The smallest absolute Gasteiger partial charge is 0.0847 e. The van der Waals surface area contributed by atoms with Crippen LogP contribution in [-0.2, 0) is 0 Å². The lowest BCUT2D eigenvalue weighted by molar-refractivity contribution is 0.544. The molecule has 0 N–H and O–H groups in total. The van der Waals surface area contributed by atoms with Gasteiger partial charge in [0.25, 0.3) is 0 Å². The van der Waals surface area contributed by atoms with Crippen LogP contribution in [0.5, 0.6) is 0 Å². The molecule has 0 rings (SSSR count). The molecular formula is C8H18N2. The summed E-state index contributed by atoms with van der Waals surface area (Å²) < 4.78 is 0. The first-order chi connectivity index (χ1) is 4.66. The van der Waals surface area contributed by atoms with Crippen LogP contribution < -0.4 is 0 Å². The Morgan fingerprint density at radius 1 is 1.50 bits per heavy atom. The van der Waals surface area contributed by atoms with Gasteiger partial charge in [0.15, 0.2) is 0 Å². The fourth-order valence-corrected chi connectivity index (χ4v) is 0.479. The van der Waals surface area contributed by atoms with Crippen molar-refractivity contribution in [3.8, 4) is 0 Å². The van der Waals surface area contributed by atoms with Crippen molar-refractivity contribution in [1.29, 1.82) is 0 Å². The molecule has 0 amide bonds. The average Bonchev–Trinajstić information content (AvgIpc) is 1.87. The SMILES string of the molecule is CCN(C)C=NCC(C)C. The number of rotatable bonds is 4. The average molecular weight is 142 g/mol. The van der Waals surface area contributed by atoms with Crippen LogP contribution >= 0.6 is 0 Å². The van der Waals surface area contributed by atoms with Gasteiger partial charge in [-0.3, -0.25) is 4.99 Å². The molecule has 0 aliphatic carbocycles. The van der Waals surface area contributed by atoms with Crippen molar-refractivity contribution < 1.29 is 0 Å². The third-order valence-corrected chi connectivity index (χ3v) is 1.25. The minimum absolute atomic E-state index is 0.668. The predicted octanol–water partition coefficient (Wildman–Crippen LogP) is 1.62. The third-order valence-electron chi connectivity index (χ3n) is 1.25. The largest absolute Gasteiger partial charge is 0.366 e. The van der Waals surface area contributed by atoms with Gasteiger partial charge in [0, 0.05) is 20.1 Å². The van der Waals surface area contributed by atoms with E-state index in [1.165, 1.54) is 0 Å². The summed E-state index contributed by atoms with van der Waals surface area (Å²) in [5, 5.41) is 0. The van der Waals surface area contributed by atoms with Gasteiger partial charge in [-0.05, 0) is 12.8 Å². The van der Waals surface area contributed by atoms with Crippen molar-refractivity contribution in [3.63, 3.8) is 0 Å². The standard InChI is InChI=1S/C8H18N2/c1-5-10(4)7-9-6-8(2)3/h7-8H,5-6H2,1-4H3. The molecule has 0 aromatic carbocycles. The Morgan fingerprint density at radius 3 is 2.50 bits per heavy atom. The Morgan fingerprint density at radius 2 is 2.10 bits per heavy atom. The van der Waals surface area contributed by atoms with Crippen LogP contribution in [0.4, 0.5) is 0 Å². The highest BCUT2D eigenvalue weighted by atomic mass is 15.1. The van der Waals surface area contributed by atoms with Gasteiger partial charge in [0.1, 0.15) is 0 Å². The molecule has 0 radical (unpaired) electrons. The summed E-state index contributed by atoms with van der Waals surface area (Å²) in [5.74, 6) is 0.668. The Hall–Kier alpha value is -0.530. The van der Waals surface area contributed by atoms with Crippen molar-refractivity contribution in [2.45, 2.75) is 20.8 Å². The number of nitrogens with zero attached hydrogens (tertiary/aromatic N) is 2. The van der Waals surface area contributed by atoms with Gasteiger partial charge in [0.05, 0.1) is 6.34 Å². The van der Waals surface area contributed by atoms with E-state index < -0.39 is 0 Å². The van der Waals surface area contributed by atoms with Gasteiger partial charge >= 0.3 is 0 Å². The number of aliphatic imine (C=N–C) groups is 1. The van der Waals surface area contributed by atoms with E-state index in [-0.39, 0.29) is 0 Å². The monoisotopic (exact) mass is 142 g/mol. The van der Waals surface area contributed by atoms with Crippen LogP contribution in [0.1, 0.15) is 20.8 Å². The highest BCUT2D eigenvalue weighted by Gasteiger charge is 1.88. The summed E-state index contributed by atoms with van der Waals surface area (Å²) in [6, 6.07) is 0. The van der Waals surface area contributed by atoms with Gasteiger partial charge in [-0.2, -0.15) is 0 Å². The van der Waals surface area contributed by atoms with Crippen LogP contribution in [-0.4, -0.2) is 31.4 Å². The zero-order valence-corrected chi connectivity index (χ0v) is 7.46. The zero-order valence-electron chi connectivity index (χ0n) is 7.46. The quantitative estimate of drug-likeness (QED) is 0.430. The Labute approximate surface area is 63.9 Å². The Kier molecular flexibility index (Phi) is 4.99. The number of hydrogen-bond donors (Lipinski definition) is 0. The molecule has 0 saturated heterocycles. The first-order valence-electron chi connectivity index (χ1n) is 3.87. The first-order valence-corrected chi connectivity index (χ1v) is 3.87. The second-order valence-corrected chi connectivity index (χ2v) is 2.95. The third kappa shape index (κ3) is 5.60. The first kappa shape index (κ1) is 9.47. The van der Waals surface area contributed by atoms with E-state index in [4.69, 9.17) is 0 Å². The maximum atomic E-state index is 4.24. The fourth-order valence-electron chi connectivity index (χ4n) is 0.479. The second kappa shape index (κ2) is 5.27. The fraction of sp³-hybridized carbons (Fsp3) is 0.875. The minimum atomic E-state index is 0.668. The molecule has 0 saturated carbocycles. The van der Waals surface area contributed by atoms with E-state index >= 15 is 0 Å². The van der Waals surface area contributed by atoms with Gasteiger partial charge < -0.3 is 4.90 Å². The van der Waals surface area contributed by atoms with Gasteiger partial charge in [0.2, 0.25) is 0 Å². The van der Waals surface area contributed by atoms with Crippen LogP contribution in [0.15, 0.2) is 4.99 Å². The van der Waals surface area contributed by atoms with Crippen molar-refractivity contribution in [3.05, 3.63) is 0 Å². The molecule has 0 bridgehead atoms. The summed E-state index contributed by atoms with van der Waals surface area (Å²) in [4.78, 5) is 6.31. The molecule has 0 heterocycles. The lowest BCUT2D eigenvalue weighted by atomic mass is 10.2. The van der Waals surface area contributed by atoms with Crippen molar-refractivity contribution in [2.24, 2.45) is 10.9 Å². The molecular weight excluding hydrogens is 124 g/mol. The molecule has 60 valence electrons. The molecule has 0 spiro atoms. The molecule has 10 heavy (non-hydrogen) atoms. The van der Waals surface area contributed by atoms with Crippen molar-refractivity contribution >= 4 is 6.34 Å². The van der Waals surface area contributed by atoms with E-state index in [0.29, 0.717) is 5.92 Å². The maximum Gasteiger partial charge on any atom is 0.0847 e. The number of hydrogen-bond acceptors (Lipinski definition) is 1. The van der Waals surface area contributed by atoms with E-state index in [9.17, 15) is 0 Å². The molecule has 0 aliphatic heterocycles. The van der Waals surface area contributed by atoms with Gasteiger partial charge in [-0.25, -0.2) is 0 Å². The Balaban J connectivity index is 3.36. The summed E-state index contributed by atoms with van der Waals surface area (Å²) >= 11 is 0. The van der Waals surface area contributed by atoms with Gasteiger partial charge in [-0.1, -0.05) is 13.8 Å². The molecule has 0 aromatic heterocycles. The van der Waals surface area contributed by atoms with E-state index in [2.05, 4.69) is 30.7 Å². The van der Waals surface area contributed by atoms with Crippen LogP contribution in [0, 0.1) is 5.92 Å². The summed E-state index contributed by atoms with van der Waals surface area (Å²) in [6.45, 7) is 8.42. The molecule has 0 aliphatic rings. The topological polar surface area (TPSA) is 15.6 Å². The maximum absolute atomic E-state index is 4.24. The van der Waals surface area contributed by atoms with E-state index in [1.807, 2.05) is 13.4 Å². The van der Waals surface area contributed by atoms with Crippen molar-refractivity contribution in [1.82, 2.24) is 4.90 Å². The van der Waals surface area contributed by atoms with E-state index in [1.54, 1.807) is 0 Å². The predicted molar refractivity (Wildman–Crippen MR) is 46.5 cm³/mol. The molecule has 0 unspecified atom stereocenters. The molecule has 2 nitrogen and oxygen atoms in total. The van der Waals surface area contributed by atoms with Gasteiger partial charge in [-0.15, -0.1) is 0 Å². The molecule has 2 heteroatoms. The highest BCUT2D eigenvalue weighted by Crippen LogP contribution is 1.90. The van der Waals surface area contributed by atoms with Crippen molar-refractivity contribution in [2.75, 3.05) is 20.1 Å². The summed E-state index contributed by atoms with van der Waals surface area (Å²) in [5.41, 5.74) is 0. The highest BCUT2D eigenvalue weighted by molar-refractivity contribution is 5.54. The van der Waals surface area contributed by atoms with Crippen LogP contribution in [0.3, 0.4) is 0 Å². The van der Waals surface area contributed by atoms with Crippen LogP contribution in [0.2, 0.25) is 0 Å².